The van der Waals surface area contributed by atoms with Crippen LogP contribution >= 0.6 is 0 Å². The summed E-state index contributed by atoms with van der Waals surface area (Å²) in [5.74, 6) is 2.05. The summed E-state index contributed by atoms with van der Waals surface area (Å²) in [6.45, 7) is 8.30. The van der Waals surface area contributed by atoms with Gasteiger partial charge in [0, 0.05) is 43.9 Å². The minimum Gasteiger partial charge on any atom is -0.497 e. The smallest absolute Gasteiger partial charge is 0.103 e. The zero-order chi connectivity index (χ0) is 19.9. The molecule has 4 heteroatoms. The summed E-state index contributed by atoms with van der Waals surface area (Å²) in [4.78, 5) is 4.58. The van der Waals surface area contributed by atoms with Gasteiger partial charge < -0.3 is 14.5 Å². The number of likely N-dealkylation sites (tertiary alicyclic amines) is 1. The van der Waals surface area contributed by atoms with Gasteiger partial charge in [-0.1, -0.05) is 37.3 Å². The summed E-state index contributed by atoms with van der Waals surface area (Å²) in [5, 5.41) is 9.58. The molecule has 3 atom stereocenters. The average Bonchev–Trinajstić information content (AvgIpc) is 2.64. The molecule has 0 aromatic carbocycles. The molecule has 2 aliphatic heterocycles. The first-order valence-electron chi connectivity index (χ1n) is 10.3. The largest absolute Gasteiger partial charge is 0.497 e. The summed E-state index contributed by atoms with van der Waals surface area (Å²) >= 11 is 0. The quantitative estimate of drug-likeness (QED) is 0.745. The Morgan fingerprint density at radius 3 is 2.71 bits per heavy atom. The third-order valence-electron chi connectivity index (χ3n) is 6.59. The van der Waals surface area contributed by atoms with Gasteiger partial charge in [0.25, 0.3) is 0 Å². The van der Waals surface area contributed by atoms with Crippen molar-refractivity contribution in [1.29, 1.82) is 5.26 Å². The van der Waals surface area contributed by atoms with Crippen molar-refractivity contribution in [2.75, 3.05) is 40.3 Å². The molecule has 0 N–H and O–H groups in total. The Morgan fingerprint density at radius 2 is 2.00 bits per heavy atom. The second kappa shape index (κ2) is 6.97. The first-order valence-corrected chi connectivity index (χ1v) is 10.3. The fourth-order valence-electron chi connectivity index (χ4n) is 4.77. The molecule has 0 aromatic rings. The van der Waals surface area contributed by atoms with Crippen molar-refractivity contribution in [1.82, 2.24) is 9.80 Å². The van der Waals surface area contributed by atoms with E-state index in [0.29, 0.717) is 11.8 Å². The summed E-state index contributed by atoms with van der Waals surface area (Å²) in [6, 6.07) is 2.46. The fourth-order valence-corrected chi connectivity index (χ4v) is 4.77. The van der Waals surface area contributed by atoms with Crippen LogP contribution in [0.4, 0.5) is 0 Å². The highest BCUT2D eigenvalue weighted by Crippen LogP contribution is 2.47. The van der Waals surface area contributed by atoms with Gasteiger partial charge in [0.15, 0.2) is 0 Å². The fraction of sp³-hybridized carbons (Fsp3) is 0.542. The van der Waals surface area contributed by atoms with Crippen molar-refractivity contribution in [3.8, 4) is 6.07 Å². The summed E-state index contributed by atoms with van der Waals surface area (Å²) < 4.78 is 6.44. The van der Waals surface area contributed by atoms with Gasteiger partial charge in [-0.2, -0.15) is 5.26 Å². The maximum Gasteiger partial charge on any atom is 0.103 e. The van der Waals surface area contributed by atoms with E-state index in [9.17, 15) is 5.26 Å². The first kappa shape index (κ1) is 19.1. The molecule has 3 unspecified atom stereocenters. The molecule has 28 heavy (non-hydrogen) atoms. The van der Waals surface area contributed by atoms with Gasteiger partial charge in [-0.05, 0) is 43.8 Å². The molecule has 0 amide bonds. The predicted octanol–water partition coefficient (Wildman–Crippen LogP) is 3.89. The molecule has 0 aromatic heterocycles. The molecule has 1 saturated heterocycles. The molecular formula is C24H31N3O. The molecule has 2 aliphatic carbocycles. The van der Waals surface area contributed by atoms with E-state index >= 15 is 0 Å². The van der Waals surface area contributed by atoms with Gasteiger partial charge in [0.1, 0.15) is 5.76 Å². The lowest BCUT2D eigenvalue weighted by Crippen LogP contribution is -2.46. The minimum absolute atomic E-state index is 0.0621. The van der Waals surface area contributed by atoms with Crippen LogP contribution in [-0.4, -0.2) is 50.1 Å². The SMILES string of the molecule is CN1C=CC2(C)C=C(C3=CC=CC(C)(C#N)C3)C=C(OCC3CN(C)C3)C2C1. The lowest BCUT2D eigenvalue weighted by molar-refractivity contribution is 0.0367. The number of nitrogens with zero attached hydrogens (tertiary/aromatic N) is 3. The maximum atomic E-state index is 9.58. The summed E-state index contributed by atoms with van der Waals surface area (Å²) in [7, 11) is 4.28. The van der Waals surface area contributed by atoms with E-state index in [0.717, 1.165) is 38.4 Å². The number of nitriles is 1. The summed E-state index contributed by atoms with van der Waals surface area (Å²) in [6.07, 6.45) is 16.0. The van der Waals surface area contributed by atoms with Crippen LogP contribution in [0.15, 0.2) is 59.6 Å². The van der Waals surface area contributed by atoms with Gasteiger partial charge in [-0.15, -0.1) is 0 Å². The van der Waals surface area contributed by atoms with Gasteiger partial charge in [0.2, 0.25) is 0 Å². The molecule has 0 radical (unpaired) electrons. The predicted molar refractivity (Wildman–Crippen MR) is 112 cm³/mol. The number of ether oxygens (including phenoxy) is 1. The first-order chi connectivity index (χ1) is 13.3. The van der Waals surface area contributed by atoms with Gasteiger partial charge in [0.05, 0.1) is 18.1 Å². The number of hydrogen-bond acceptors (Lipinski definition) is 4. The Hall–Kier alpha value is -2.25. The summed E-state index contributed by atoms with van der Waals surface area (Å²) in [5.41, 5.74) is 1.94. The van der Waals surface area contributed by atoms with E-state index in [2.05, 4.69) is 67.4 Å². The van der Waals surface area contributed by atoms with Crippen LogP contribution in [0.3, 0.4) is 0 Å². The third-order valence-corrected chi connectivity index (χ3v) is 6.59. The van der Waals surface area contributed by atoms with Crippen LogP contribution in [0, 0.1) is 34.0 Å². The number of hydrogen-bond donors (Lipinski definition) is 0. The van der Waals surface area contributed by atoms with Gasteiger partial charge in [-0.3, -0.25) is 0 Å². The van der Waals surface area contributed by atoms with Crippen LogP contribution in [-0.2, 0) is 4.74 Å². The lowest BCUT2D eigenvalue weighted by Gasteiger charge is -2.44. The maximum absolute atomic E-state index is 9.58. The minimum atomic E-state index is -0.434. The highest BCUT2D eigenvalue weighted by atomic mass is 16.5. The topological polar surface area (TPSA) is 39.5 Å². The molecule has 2 heterocycles. The Bertz CT molecular complexity index is 836. The molecule has 148 valence electrons. The van der Waals surface area contributed by atoms with Crippen LogP contribution in [0.5, 0.6) is 0 Å². The number of rotatable bonds is 4. The number of fused-ring (bicyclic) bond motifs is 1. The molecular weight excluding hydrogens is 346 g/mol. The molecule has 0 saturated carbocycles. The second-order valence-corrected chi connectivity index (χ2v) is 9.48. The van der Waals surface area contributed by atoms with Crippen LogP contribution in [0.1, 0.15) is 20.3 Å². The van der Waals surface area contributed by atoms with Crippen molar-refractivity contribution >= 4 is 0 Å². The van der Waals surface area contributed by atoms with Crippen molar-refractivity contribution < 1.29 is 4.74 Å². The third kappa shape index (κ3) is 3.56. The zero-order valence-corrected chi connectivity index (χ0v) is 17.5. The molecule has 4 rings (SSSR count). The van der Waals surface area contributed by atoms with E-state index in [1.165, 1.54) is 11.1 Å². The van der Waals surface area contributed by atoms with Crippen molar-refractivity contribution in [3.63, 3.8) is 0 Å². The number of allylic oxidation sites excluding steroid dienone is 8. The Morgan fingerprint density at radius 1 is 1.21 bits per heavy atom. The molecule has 0 spiro atoms. The molecule has 0 bridgehead atoms. The highest BCUT2D eigenvalue weighted by Gasteiger charge is 2.41. The molecule has 4 aliphatic rings. The van der Waals surface area contributed by atoms with Crippen molar-refractivity contribution in [2.45, 2.75) is 20.3 Å². The van der Waals surface area contributed by atoms with E-state index in [4.69, 9.17) is 4.74 Å². The standard InChI is InChI=1S/C24H31N3O/c1-23(17-25)7-5-6-19(11-23)20-10-22(28-16-18-13-27(4)14-18)21-15-26(3)9-8-24(21,2)12-20/h5-10,12,18,21H,11,13-16H2,1-4H3. The lowest BCUT2D eigenvalue weighted by atomic mass is 9.68. The molecule has 4 nitrogen and oxygen atoms in total. The monoisotopic (exact) mass is 377 g/mol. The van der Waals surface area contributed by atoms with Crippen molar-refractivity contribution in [2.24, 2.45) is 22.7 Å². The molecule has 1 fully saturated rings. The van der Waals surface area contributed by atoms with E-state index in [1.807, 2.05) is 19.1 Å². The van der Waals surface area contributed by atoms with E-state index in [1.54, 1.807) is 0 Å². The van der Waals surface area contributed by atoms with Gasteiger partial charge >= 0.3 is 0 Å². The van der Waals surface area contributed by atoms with Crippen LogP contribution < -0.4 is 0 Å². The second-order valence-electron chi connectivity index (χ2n) is 9.48. The zero-order valence-electron chi connectivity index (χ0n) is 17.5. The van der Waals surface area contributed by atoms with Crippen LogP contribution in [0.2, 0.25) is 0 Å². The normalized spacial score (nSPS) is 35.3. The Balaban J connectivity index is 1.63. The van der Waals surface area contributed by atoms with Crippen molar-refractivity contribution in [3.05, 3.63) is 59.6 Å². The highest BCUT2D eigenvalue weighted by molar-refractivity contribution is 5.51. The van der Waals surface area contributed by atoms with E-state index < -0.39 is 5.41 Å². The van der Waals surface area contributed by atoms with Gasteiger partial charge in [-0.25, -0.2) is 0 Å². The van der Waals surface area contributed by atoms with E-state index in [-0.39, 0.29) is 5.41 Å². The van der Waals surface area contributed by atoms with Crippen LogP contribution in [0.25, 0.3) is 0 Å². The Labute approximate surface area is 169 Å². The average molecular weight is 378 g/mol. The Kier molecular flexibility index (Phi) is 4.75.